The quantitative estimate of drug-likeness (QED) is 0.617. The average Bonchev–Trinajstić information content (AvgIpc) is 2.70. The van der Waals surface area contributed by atoms with Crippen molar-refractivity contribution in [3.63, 3.8) is 0 Å². The third-order valence-corrected chi connectivity index (χ3v) is 4.54. The highest BCUT2D eigenvalue weighted by atomic mass is 16.5. The Morgan fingerprint density at radius 2 is 1.71 bits per heavy atom. The molecule has 144 valence electrons. The van der Waals surface area contributed by atoms with Crippen LogP contribution in [-0.2, 0) is 22.7 Å². The molecule has 0 saturated carbocycles. The topological polar surface area (TPSA) is 75.6 Å². The zero-order chi connectivity index (χ0) is 19.9. The Kier molecular flexibility index (Phi) is 6.27. The minimum absolute atomic E-state index is 0.0420. The average molecular weight is 377 g/mol. The fourth-order valence-corrected chi connectivity index (χ4v) is 2.97. The van der Waals surface area contributed by atoms with Crippen LogP contribution >= 0.6 is 0 Å². The number of carbonyl (C=O) groups excluding carboxylic acids is 1. The van der Waals surface area contributed by atoms with Gasteiger partial charge in [0.2, 0.25) is 5.91 Å². The lowest BCUT2D eigenvalue weighted by Gasteiger charge is -2.15. The van der Waals surface area contributed by atoms with E-state index >= 15 is 0 Å². The van der Waals surface area contributed by atoms with Crippen molar-refractivity contribution < 1.29 is 19.4 Å². The Bertz CT molecular complexity index is 980. The Labute approximate surface area is 164 Å². The van der Waals surface area contributed by atoms with Crippen LogP contribution in [0.5, 0.6) is 5.75 Å². The molecule has 3 aromatic carbocycles. The predicted molar refractivity (Wildman–Crippen MR) is 108 cm³/mol. The van der Waals surface area contributed by atoms with Crippen LogP contribution in [-0.4, -0.2) is 17.0 Å². The molecule has 28 heavy (non-hydrogen) atoms. The van der Waals surface area contributed by atoms with Crippen molar-refractivity contribution in [2.45, 2.75) is 32.9 Å². The number of carbonyl (C=O) groups is 2. The van der Waals surface area contributed by atoms with E-state index in [1.165, 1.54) is 5.56 Å². The number of carboxylic acids is 1. The molecule has 3 aromatic rings. The highest BCUT2D eigenvalue weighted by Gasteiger charge is 2.12. The fraction of sp³-hybridized carbons (Fsp3) is 0.217. The molecule has 0 spiro atoms. The monoisotopic (exact) mass is 377 g/mol. The number of carboxylic acid groups (broad SMARTS) is 1. The molecular weight excluding hydrogens is 354 g/mol. The minimum atomic E-state index is -0.984. The number of aryl methyl sites for hydroxylation is 1. The van der Waals surface area contributed by atoms with Gasteiger partial charge in [-0.3, -0.25) is 9.59 Å². The van der Waals surface area contributed by atoms with Crippen LogP contribution in [0.15, 0.2) is 60.7 Å². The van der Waals surface area contributed by atoms with E-state index in [-0.39, 0.29) is 25.3 Å². The Morgan fingerprint density at radius 3 is 2.46 bits per heavy atom. The molecule has 0 aromatic heterocycles. The second-order valence-corrected chi connectivity index (χ2v) is 6.71. The first-order chi connectivity index (χ1) is 13.5. The van der Waals surface area contributed by atoms with E-state index < -0.39 is 5.97 Å². The van der Waals surface area contributed by atoms with Crippen LogP contribution in [0.25, 0.3) is 10.8 Å². The highest BCUT2D eigenvalue weighted by molar-refractivity contribution is 5.88. The normalized spacial score (nSPS) is 10.6. The summed E-state index contributed by atoms with van der Waals surface area (Å²) in [6.45, 7) is 2.75. The van der Waals surface area contributed by atoms with Crippen LogP contribution in [0.3, 0.4) is 0 Å². The van der Waals surface area contributed by atoms with E-state index in [1.807, 2.05) is 67.6 Å². The largest absolute Gasteiger partial charge is 0.489 e. The summed E-state index contributed by atoms with van der Waals surface area (Å²) in [7, 11) is 0. The minimum Gasteiger partial charge on any atom is -0.489 e. The zero-order valence-electron chi connectivity index (χ0n) is 15.8. The van der Waals surface area contributed by atoms with Crippen LogP contribution in [0.2, 0.25) is 0 Å². The number of nitrogens with one attached hydrogen (secondary N) is 1. The molecule has 3 rings (SSSR count). The molecule has 1 amide bonds. The van der Waals surface area contributed by atoms with Gasteiger partial charge in [0.25, 0.3) is 0 Å². The molecule has 5 heteroatoms. The van der Waals surface area contributed by atoms with Gasteiger partial charge in [-0.25, -0.2) is 0 Å². The summed E-state index contributed by atoms with van der Waals surface area (Å²) in [6, 6.07) is 20.0. The van der Waals surface area contributed by atoms with Gasteiger partial charge >= 0.3 is 5.97 Å². The third kappa shape index (κ3) is 5.10. The molecule has 0 aliphatic heterocycles. The molecule has 0 saturated heterocycles. The second kappa shape index (κ2) is 9.04. The Morgan fingerprint density at radius 1 is 0.964 bits per heavy atom. The standard InChI is InChI=1S/C23H23NO4/c1-16-6-8-17(9-7-16)15-28-21-11-10-18-4-2-3-5-19(18)20(21)14-24-22(25)12-13-23(26)27/h2-11H,12-15H2,1H3,(H,24,25)(H,26,27). The van der Waals surface area contributed by atoms with E-state index in [0.29, 0.717) is 12.4 Å². The van der Waals surface area contributed by atoms with Crippen molar-refractivity contribution >= 4 is 22.6 Å². The summed E-state index contributed by atoms with van der Waals surface area (Å²) < 4.78 is 6.06. The Hall–Kier alpha value is -3.34. The van der Waals surface area contributed by atoms with Crippen molar-refractivity contribution in [2.24, 2.45) is 0 Å². The number of fused-ring (bicyclic) bond motifs is 1. The van der Waals surface area contributed by atoms with Gasteiger partial charge in [-0.15, -0.1) is 0 Å². The maximum atomic E-state index is 12.0. The summed E-state index contributed by atoms with van der Waals surface area (Å²) in [6.07, 6.45) is -0.224. The SMILES string of the molecule is Cc1ccc(COc2ccc3ccccc3c2CNC(=O)CCC(=O)O)cc1. The van der Waals surface area contributed by atoms with Crippen LogP contribution in [0.4, 0.5) is 0 Å². The van der Waals surface area contributed by atoms with Crippen molar-refractivity contribution in [1.82, 2.24) is 5.32 Å². The van der Waals surface area contributed by atoms with Crippen LogP contribution in [0.1, 0.15) is 29.5 Å². The molecule has 5 nitrogen and oxygen atoms in total. The lowest BCUT2D eigenvalue weighted by Crippen LogP contribution is -2.23. The van der Waals surface area contributed by atoms with Gasteiger partial charge in [-0.05, 0) is 29.3 Å². The molecule has 0 bridgehead atoms. The fourth-order valence-electron chi connectivity index (χ4n) is 2.97. The molecule has 0 unspecified atom stereocenters. The molecule has 2 N–H and O–H groups in total. The number of benzene rings is 3. The zero-order valence-corrected chi connectivity index (χ0v) is 15.8. The van der Waals surface area contributed by atoms with Crippen LogP contribution in [0, 0.1) is 6.92 Å². The Balaban J connectivity index is 1.78. The first-order valence-corrected chi connectivity index (χ1v) is 9.20. The van der Waals surface area contributed by atoms with Crippen LogP contribution < -0.4 is 10.1 Å². The van der Waals surface area contributed by atoms with Gasteiger partial charge < -0.3 is 15.2 Å². The van der Waals surface area contributed by atoms with Crippen molar-refractivity contribution in [1.29, 1.82) is 0 Å². The number of amides is 1. The number of ether oxygens (including phenoxy) is 1. The van der Waals surface area contributed by atoms with E-state index in [0.717, 1.165) is 21.9 Å². The summed E-state index contributed by atoms with van der Waals surface area (Å²) in [5, 5.41) is 13.6. The van der Waals surface area contributed by atoms with Gasteiger partial charge in [0.1, 0.15) is 12.4 Å². The van der Waals surface area contributed by atoms with Gasteiger partial charge in [0.05, 0.1) is 6.42 Å². The second-order valence-electron chi connectivity index (χ2n) is 6.71. The number of hydrogen-bond donors (Lipinski definition) is 2. The van der Waals surface area contributed by atoms with Gasteiger partial charge in [0.15, 0.2) is 0 Å². The van der Waals surface area contributed by atoms with Crippen molar-refractivity contribution in [3.8, 4) is 5.75 Å². The summed E-state index contributed by atoms with van der Waals surface area (Å²) in [5.41, 5.74) is 3.14. The number of hydrogen-bond acceptors (Lipinski definition) is 3. The van der Waals surface area contributed by atoms with Crippen molar-refractivity contribution in [3.05, 3.63) is 77.4 Å². The van der Waals surface area contributed by atoms with E-state index in [1.54, 1.807) is 0 Å². The maximum Gasteiger partial charge on any atom is 0.303 e. The smallest absolute Gasteiger partial charge is 0.303 e. The predicted octanol–water partition coefficient (Wildman–Crippen LogP) is 4.21. The van der Waals surface area contributed by atoms with E-state index in [2.05, 4.69) is 5.32 Å². The van der Waals surface area contributed by atoms with E-state index in [4.69, 9.17) is 9.84 Å². The molecule has 0 heterocycles. The first-order valence-electron chi connectivity index (χ1n) is 9.20. The van der Waals surface area contributed by atoms with Gasteiger partial charge in [-0.1, -0.05) is 60.2 Å². The van der Waals surface area contributed by atoms with Crippen molar-refractivity contribution in [2.75, 3.05) is 0 Å². The molecule has 0 fully saturated rings. The maximum absolute atomic E-state index is 12.0. The highest BCUT2D eigenvalue weighted by Crippen LogP contribution is 2.29. The summed E-state index contributed by atoms with van der Waals surface area (Å²) >= 11 is 0. The summed E-state index contributed by atoms with van der Waals surface area (Å²) in [4.78, 5) is 22.6. The lowest BCUT2D eigenvalue weighted by atomic mass is 10.0. The molecule has 0 atom stereocenters. The molecule has 0 aliphatic rings. The molecule has 0 aliphatic carbocycles. The third-order valence-electron chi connectivity index (χ3n) is 4.54. The first kappa shape index (κ1) is 19.4. The summed E-state index contributed by atoms with van der Waals surface area (Å²) in [5.74, 6) is -0.569. The van der Waals surface area contributed by atoms with Gasteiger partial charge in [-0.2, -0.15) is 0 Å². The molecular formula is C23H23NO4. The number of rotatable bonds is 8. The van der Waals surface area contributed by atoms with E-state index in [9.17, 15) is 9.59 Å². The number of aliphatic carboxylic acids is 1. The lowest BCUT2D eigenvalue weighted by molar-refractivity contribution is -0.138. The molecule has 0 radical (unpaired) electrons. The van der Waals surface area contributed by atoms with Gasteiger partial charge in [0, 0.05) is 18.5 Å².